The van der Waals surface area contributed by atoms with Crippen molar-refractivity contribution in [3.8, 4) is 0 Å². The van der Waals surface area contributed by atoms with Gasteiger partial charge in [-0.05, 0) is 33.1 Å². The molecule has 0 aliphatic carbocycles. The molecular formula is C16H26O5. The minimum absolute atomic E-state index is 0.0398. The van der Waals surface area contributed by atoms with Crippen molar-refractivity contribution in [3.63, 3.8) is 0 Å². The van der Waals surface area contributed by atoms with Crippen molar-refractivity contribution in [1.29, 1.82) is 0 Å². The van der Waals surface area contributed by atoms with Crippen LogP contribution in [-0.4, -0.2) is 44.3 Å². The molecule has 0 spiro atoms. The summed E-state index contributed by atoms with van der Waals surface area (Å²) in [6.45, 7) is 6.46. The van der Waals surface area contributed by atoms with E-state index < -0.39 is 11.0 Å². The highest BCUT2D eigenvalue weighted by molar-refractivity contribution is 5.76. The number of fused-ring (bicyclic) bond motifs is 2. The molecule has 0 N–H and O–H groups in total. The van der Waals surface area contributed by atoms with Crippen molar-refractivity contribution in [2.75, 3.05) is 20.3 Å². The van der Waals surface area contributed by atoms with Crippen molar-refractivity contribution in [2.45, 2.75) is 51.7 Å². The Hall–Kier alpha value is -0.940. The molecule has 5 nitrogen and oxygen atoms in total. The first kappa shape index (κ1) is 16.4. The highest BCUT2D eigenvalue weighted by Crippen LogP contribution is 2.50. The molecule has 2 aliphatic heterocycles. The lowest BCUT2D eigenvalue weighted by molar-refractivity contribution is -0.159. The first-order chi connectivity index (χ1) is 9.90. The highest BCUT2D eigenvalue weighted by Gasteiger charge is 2.59. The molecule has 2 fully saturated rings. The fraction of sp³-hybridized carbons (Fsp3) is 0.875. The Morgan fingerprint density at radius 3 is 2.71 bits per heavy atom. The third kappa shape index (κ3) is 2.86. The van der Waals surface area contributed by atoms with Gasteiger partial charge >= 0.3 is 5.97 Å². The number of aldehydes is 1. The summed E-state index contributed by atoms with van der Waals surface area (Å²) < 4.78 is 16.7. The molecule has 2 aliphatic rings. The van der Waals surface area contributed by atoms with Crippen molar-refractivity contribution in [3.05, 3.63) is 0 Å². The molecule has 120 valence electrons. The average molecular weight is 298 g/mol. The lowest BCUT2D eigenvalue weighted by Gasteiger charge is -2.33. The number of rotatable bonds is 7. The van der Waals surface area contributed by atoms with E-state index in [4.69, 9.17) is 14.2 Å². The zero-order valence-corrected chi connectivity index (χ0v) is 13.4. The van der Waals surface area contributed by atoms with E-state index in [9.17, 15) is 9.59 Å². The van der Waals surface area contributed by atoms with E-state index in [1.807, 2.05) is 20.8 Å². The maximum atomic E-state index is 12.1. The Labute approximate surface area is 126 Å². The number of hydrogen-bond donors (Lipinski definition) is 0. The van der Waals surface area contributed by atoms with E-state index in [0.29, 0.717) is 13.0 Å². The lowest BCUT2D eigenvalue weighted by atomic mass is 9.73. The van der Waals surface area contributed by atoms with Gasteiger partial charge in [-0.1, -0.05) is 6.92 Å². The maximum Gasteiger partial charge on any atom is 0.311 e. The summed E-state index contributed by atoms with van der Waals surface area (Å²) in [6, 6.07) is 0. The minimum Gasteiger partial charge on any atom is -0.465 e. The van der Waals surface area contributed by atoms with Crippen LogP contribution in [0.15, 0.2) is 0 Å². The quantitative estimate of drug-likeness (QED) is 0.531. The van der Waals surface area contributed by atoms with Gasteiger partial charge in [-0.25, -0.2) is 0 Å². The van der Waals surface area contributed by atoms with Gasteiger partial charge in [0.05, 0.1) is 24.7 Å². The van der Waals surface area contributed by atoms with E-state index >= 15 is 0 Å². The van der Waals surface area contributed by atoms with Gasteiger partial charge in [-0.2, -0.15) is 0 Å². The van der Waals surface area contributed by atoms with Gasteiger partial charge in [0, 0.05) is 18.9 Å². The van der Waals surface area contributed by atoms with Crippen molar-refractivity contribution < 1.29 is 23.8 Å². The number of hydrogen-bond acceptors (Lipinski definition) is 5. The summed E-state index contributed by atoms with van der Waals surface area (Å²) >= 11 is 0. The van der Waals surface area contributed by atoms with Gasteiger partial charge in [0.15, 0.2) is 6.29 Å². The van der Waals surface area contributed by atoms with Gasteiger partial charge in [0.2, 0.25) is 0 Å². The summed E-state index contributed by atoms with van der Waals surface area (Å²) in [6.07, 6.45) is 3.23. The Morgan fingerprint density at radius 2 is 2.14 bits per heavy atom. The van der Waals surface area contributed by atoms with Crippen LogP contribution in [0, 0.1) is 17.3 Å². The molecule has 0 aromatic heterocycles. The minimum atomic E-state index is -0.787. The van der Waals surface area contributed by atoms with Crippen molar-refractivity contribution >= 4 is 12.3 Å². The lowest BCUT2D eigenvalue weighted by Crippen LogP contribution is -2.44. The fourth-order valence-corrected chi connectivity index (χ4v) is 3.32. The van der Waals surface area contributed by atoms with Crippen LogP contribution in [0.1, 0.15) is 40.0 Å². The molecule has 2 heterocycles. The summed E-state index contributed by atoms with van der Waals surface area (Å²) in [7, 11) is 1.64. The molecule has 0 aromatic rings. The second-order valence-corrected chi connectivity index (χ2v) is 6.83. The monoisotopic (exact) mass is 298 g/mol. The van der Waals surface area contributed by atoms with E-state index in [0.717, 1.165) is 19.1 Å². The third-order valence-electron chi connectivity index (χ3n) is 5.20. The van der Waals surface area contributed by atoms with Crippen molar-refractivity contribution in [1.82, 2.24) is 0 Å². The van der Waals surface area contributed by atoms with Crippen molar-refractivity contribution in [2.24, 2.45) is 17.3 Å². The number of carbonyl (C=O) groups is 2. The normalized spacial score (nSPS) is 35.0. The smallest absolute Gasteiger partial charge is 0.311 e. The predicted molar refractivity (Wildman–Crippen MR) is 76.8 cm³/mol. The molecule has 2 bridgehead atoms. The average Bonchev–Trinajstić information content (AvgIpc) is 3.02. The van der Waals surface area contributed by atoms with E-state index in [-0.39, 0.29) is 30.5 Å². The fourth-order valence-electron chi connectivity index (χ4n) is 3.32. The SMILES string of the molecule is CCC(C)(C)C(=O)OCC1C(COC)C2CC[C@@]1(C=O)O2. The predicted octanol–water partition coefficient (Wildman–Crippen LogP) is 1.97. The van der Waals surface area contributed by atoms with Gasteiger partial charge < -0.3 is 19.0 Å². The first-order valence-electron chi connectivity index (χ1n) is 7.70. The molecule has 0 aromatic carbocycles. The molecule has 0 saturated carbocycles. The molecule has 2 rings (SSSR count). The maximum absolute atomic E-state index is 12.1. The van der Waals surface area contributed by atoms with Gasteiger partial charge in [0.25, 0.3) is 0 Å². The second-order valence-electron chi connectivity index (χ2n) is 6.83. The van der Waals surface area contributed by atoms with Gasteiger partial charge in [-0.3, -0.25) is 4.79 Å². The molecule has 0 radical (unpaired) electrons. The van der Waals surface area contributed by atoms with Crippen LogP contribution >= 0.6 is 0 Å². The molecule has 3 unspecified atom stereocenters. The second kappa shape index (κ2) is 6.05. The number of carbonyl (C=O) groups excluding carboxylic acids is 2. The van der Waals surface area contributed by atoms with Crippen LogP contribution in [0.3, 0.4) is 0 Å². The molecule has 0 amide bonds. The van der Waals surface area contributed by atoms with Crippen LogP contribution in [0.25, 0.3) is 0 Å². The number of methoxy groups -OCH3 is 1. The summed E-state index contributed by atoms with van der Waals surface area (Å²) in [5.74, 6) is -0.207. The first-order valence-corrected chi connectivity index (χ1v) is 7.70. The topological polar surface area (TPSA) is 61.8 Å². The van der Waals surface area contributed by atoms with Crippen LogP contribution in [0.4, 0.5) is 0 Å². The molecule has 21 heavy (non-hydrogen) atoms. The number of ether oxygens (including phenoxy) is 3. The Kier molecular flexibility index (Phi) is 4.73. The molecular weight excluding hydrogens is 272 g/mol. The Balaban J connectivity index is 2.05. The Bertz CT molecular complexity index is 405. The highest BCUT2D eigenvalue weighted by atomic mass is 16.6. The third-order valence-corrected chi connectivity index (χ3v) is 5.20. The van der Waals surface area contributed by atoms with Crippen LogP contribution in [-0.2, 0) is 23.8 Å². The zero-order chi connectivity index (χ0) is 15.7. The van der Waals surface area contributed by atoms with Crippen LogP contribution in [0.2, 0.25) is 0 Å². The van der Waals surface area contributed by atoms with Crippen LogP contribution < -0.4 is 0 Å². The molecule has 4 atom stereocenters. The van der Waals surface area contributed by atoms with Crippen LogP contribution in [0.5, 0.6) is 0 Å². The van der Waals surface area contributed by atoms with E-state index in [1.165, 1.54) is 0 Å². The molecule has 2 saturated heterocycles. The largest absolute Gasteiger partial charge is 0.465 e. The standard InChI is InChI=1S/C16H26O5/c1-5-15(2,3)14(18)20-9-12-11(8-19-4)13-6-7-16(12,10-17)21-13/h10-13H,5-9H2,1-4H3/t11?,12?,13?,16-/m0/s1. The summed E-state index contributed by atoms with van der Waals surface area (Å²) in [5.41, 5.74) is -1.28. The van der Waals surface area contributed by atoms with E-state index in [2.05, 4.69) is 0 Å². The molecule has 5 heteroatoms. The summed E-state index contributed by atoms with van der Waals surface area (Å²) in [4.78, 5) is 23.7. The number of esters is 1. The summed E-state index contributed by atoms with van der Waals surface area (Å²) in [5, 5.41) is 0. The van der Waals surface area contributed by atoms with E-state index in [1.54, 1.807) is 7.11 Å². The van der Waals surface area contributed by atoms with Gasteiger partial charge in [-0.15, -0.1) is 0 Å². The zero-order valence-electron chi connectivity index (χ0n) is 13.4. The van der Waals surface area contributed by atoms with Gasteiger partial charge in [0.1, 0.15) is 5.60 Å². The Morgan fingerprint density at radius 1 is 1.43 bits per heavy atom.